The number of amides is 1. The Bertz CT molecular complexity index is 760. The molecule has 2 aromatic heterocycles. The van der Waals surface area contributed by atoms with Gasteiger partial charge in [0, 0.05) is 22.9 Å². The normalized spacial score (nSPS) is 10.6. The number of carbonyl (C=O) groups is 1. The van der Waals surface area contributed by atoms with Crippen molar-refractivity contribution in [3.8, 4) is 10.6 Å². The third kappa shape index (κ3) is 3.26. The Morgan fingerprint density at radius 2 is 1.95 bits per heavy atom. The van der Waals surface area contributed by atoms with E-state index in [0.29, 0.717) is 12.2 Å². The van der Waals surface area contributed by atoms with E-state index >= 15 is 0 Å². The van der Waals surface area contributed by atoms with Crippen molar-refractivity contribution in [1.82, 2.24) is 9.88 Å². The van der Waals surface area contributed by atoms with E-state index in [2.05, 4.69) is 24.0 Å². The van der Waals surface area contributed by atoms with Gasteiger partial charge in [0.1, 0.15) is 10.7 Å². The van der Waals surface area contributed by atoms with Crippen molar-refractivity contribution in [3.63, 3.8) is 0 Å². The highest BCUT2D eigenvalue weighted by Gasteiger charge is 2.16. The topological polar surface area (TPSA) is 33.2 Å². The molecule has 0 saturated carbocycles. The summed E-state index contributed by atoms with van der Waals surface area (Å²) in [5.41, 5.74) is 2.78. The van der Waals surface area contributed by atoms with Crippen LogP contribution in [0.25, 0.3) is 10.6 Å². The van der Waals surface area contributed by atoms with Crippen molar-refractivity contribution in [2.24, 2.45) is 0 Å². The van der Waals surface area contributed by atoms with E-state index in [9.17, 15) is 4.79 Å². The van der Waals surface area contributed by atoms with Crippen molar-refractivity contribution in [3.05, 3.63) is 63.3 Å². The smallest absolute Gasteiger partial charge is 0.273 e. The fourth-order valence-corrected chi connectivity index (χ4v) is 3.66. The molecule has 0 bridgehead atoms. The second kappa shape index (κ2) is 6.42. The summed E-state index contributed by atoms with van der Waals surface area (Å²) in [5, 5.41) is 4.74. The summed E-state index contributed by atoms with van der Waals surface area (Å²) >= 11 is 3.16. The number of hydrogen-bond donors (Lipinski definition) is 0. The summed E-state index contributed by atoms with van der Waals surface area (Å²) in [6, 6.07) is 12.2. The van der Waals surface area contributed by atoms with Crippen molar-refractivity contribution >= 4 is 28.6 Å². The average Bonchev–Trinajstić information content (AvgIpc) is 3.18. The van der Waals surface area contributed by atoms with Crippen LogP contribution in [0.5, 0.6) is 0 Å². The number of carbonyl (C=O) groups excluding carboxylic acids is 1. The zero-order valence-corrected chi connectivity index (χ0v) is 14.1. The number of thiazole rings is 1. The Morgan fingerprint density at radius 3 is 2.64 bits per heavy atom. The first-order chi connectivity index (χ1) is 10.6. The van der Waals surface area contributed by atoms with Crippen molar-refractivity contribution in [2.45, 2.75) is 13.5 Å². The van der Waals surface area contributed by atoms with E-state index < -0.39 is 0 Å². The fraction of sp³-hybridized carbons (Fsp3) is 0.176. The Morgan fingerprint density at radius 1 is 1.18 bits per heavy atom. The molecule has 1 aromatic carbocycles. The molecule has 1 amide bonds. The van der Waals surface area contributed by atoms with Gasteiger partial charge in [0.2, 0.25) is 0 Å². The molecule has 0 spiro atoms. The first kappa shape index (κ1) is 14.9. The zero-order chi connectivity index (χ0) is 15.5. The predicted octanol–water partition coefficient (Wildman–Crippen LogP) is 4.45. The van der Waals surface area contributed by atoms with Crippen LogP contribution in [0.2, 0.25) is 0 Å². The third-order valence-electron chi connectivity index (χ3n) is 3.34. The summed E-state index contributed by atoms with van der Waals surface area (Å²) < 4.78 is 0. The standard InChI is InChI=1S/C17H16N2OS2/c1-12-5-7-13(8-6-12)16-18-15(11-22-16)17(20)19(2)10-14-4-3-9-21-14/h3-9,11H,10H2,1-2H3. The van der Waals surface area contributed by atoms with Crippen LogP contribution < -0.4 is 0 Å². The SMILES string of the molecule is Cc1ccc(-c2nc(C(=O)N(C)Cc3cccs3)cs2)cc1. The molecule has 0 aliphatic heterocycles. The van der Waals surface area contributed by atoms with E-state index in [1.54, 1.807) is 16.2 Å². The summed E-state index contributed by atoms with van der Waals surface area (Å²) in [4.78, 5) is 19.8. The van der Waals surface area contributed by atoms with Gasteiger partial charge >= 0.3 is 0 Å². The average molecular weight is 328 g/mol. The highest BCUT2D eigenvalue weighted by molar-refractivity contribution is 7.13. The van der Waals surface area contributed by atoms with Gasteiger partial charge in [-0.3, -0.25) is 4.79 Å². The largest absolute Gasteiger partial charge is 0.335 e. The molecule has 22 heavy (non-hydrogen) atoms. The van der Waals surface area contributed by atoms with Gasteiger partial charge in [-0.25, -0.2) is 4.98 Å². The summed E-state index contributed by atoms with van der Waals surface area (Å²) in [5.74, 6) is -0.0389. The van der Waals surface area contributed by atoms with Gasteiger partial charge in [-0.2, -0.15) is 0 Å². The quantitative estimate of drug-likeness (QED) is 0.709. The maximum absolute atomic E-state index is 12.4. The molecule has 0 atom stereocenters. The molecule has 0 aliphatic rings. The molecule has 5 heteroatoms. The molecule has 0 fully saturated rings. The van der Waals surface area contributed by atoms with Gasteiger partial charge in [0.05, 0.1) is 6.54 Å². The van der Waals surface area contributed by atoms with E-state index in [0.717, 1.165) is 10.6 Å². The Hall–Kier alpha value is -1.98. The monoisotopic (exact) mass is 328 g/mol. The molecule has 3 rings (SSSR count). The first-order valence-corrected chi connectivity index (χ1v) is 8.70. The number of thiophene rings is 1. The number of aryl methyl sites for hydroxylation is 1. The Kier molecular flexibility index (Phi) is 4.36. The number of nitrogens with zero attached hydrogens (tertiary/aromatic N) is 2. The lowest BCUT2D eigenvalue weighted by atomic mass is 10.2. The maximum atomic E-state index is 12.4. The van der Waals surface area contributed by atoms with Gasteiger partial charge in [0.25, 0.3) is 5.91 Å². The van der Waals surface area contributed by atoms with E-state index in [4.69, 9.17) is 0 Å². The number of benzene rings is 1. The van der Waals surface area contributed by atoms with Crippen LogP contribution in [0, 0.1) is 6.92 Å². The summed E-state index contributed by atoms with van der Waals surface area (Å²) in [6.07, 6.45) is 0. The zero-order valence-electron chi connectivity index (χ0n) is 12.4. The molecule has 3 aromatic rings. The first-order valence-electron chi connectivity index (χ1n) is 6.94. The van der Waals surface area contributed by atoms with Gasteiger partial charge in [0.15, 0.2) is 0 Å². The lowest BCUT2D eigenvalue weighted by molar-refractivity contribution is 0.0781. The van der Waals surface area contributed by atoms with Crippen molar-refractivity contribution in [1.29, 1.82) is 0 Å². The molecule has 3 nitrogen and oxygen atoms in total. The van der Waals surface area contributed by atoms with E-state index in [1.165, 1.54) is 21.8 Å². The molecule has 0 radical (unpaired) electrons. The molecule has 0 N–H and O–H groups in total. The van der Waals surface area contributed by atoms with Crippen molar-refractivity contribution < 1.29 is 4.79 Å². The summed E-state index contributed by atoms with van der Waals surface area (Å²) in [7, 11) is 1.81. The highest BCUT2D eigenvalue weighted by atomic mass is 32.1. The minimum absolute atomic E-state index is 0.0389. The van der Waals surface area contributed by atoms with Crippen molar-refractivity contribution in [2.75, 3.05) is 7.05 Å². The maximum Gasteiger partial charge on any atom is 0.273 e. The van der Waals surface area contributed by atoms with E-state index in [-0.39, 0.29) is 5.91 Å². The third-order valence-corrected chi connectivity index (χ3v) is 5.09. The molecule has 0 saturated heterocycles. The molecule has 0 unspecified atom stereocenters. The number of rotatable bonds is 4. The minimum atomic E-state index is -0.0389. The molecular weight excluding hydrogens is 312 g/mol. The van der Waals surface area contributed by atoms with Gasteiger partial charge in [-0.1, -0.05) is 35.9 Å². The number of aromatic nitrogens is 1. The lowest BCUT2D eigenvalue weighted by Gasteiger charge is -2.14. The highest BCUT2D eigenvalue weighted by Crippen LogP contribution is 2.24. The van der Waals surface area contributed by atoms with Crippen LogP contribution in [0.3, 0.4) is 0 Å². The predicted molar refractivity (Wildman–Crippen MR) is 92.4 cm³/mol. The summed E-state index contributed by atoms with van der Waals surface area (Å²) in [6.45, 7) is 2.67. The van der Waals surface area contributed by atoms with Crippen LogP contribution in [-0.2, 0) is 6.54 Å². The Labute approximate surface area is 137 Å². The van der Waals surface area contributed by atoms with Crippen LogP contribution in [-0.4, -0.2) is 22.8 Å². The minimum Gasteiger partial charge on any atom is -0.335 e. The number of hydrogen-bond acceptors (Lipinski definition) is 4. The van der Waals surface area contributed by atoms with Crippen LogP contribution in [0.15, 0.2) is 47.2 Å². The van der Waals surface area contributed by atoms with Crippen LogP contribution in [0.1, 0.15) is 20.9 Å². The van der Waals surface area contributed by atoms with Crippen LogP contribution in [0.4, 0.5) is 0 Å². The van der Waals surface area contributed by atoms with Gasteiger partial charge in [-0.05, 0) is 18.4 Å². The fourth-order valence-electron chi connectivity index (χ4n) is 2.10. The Balaban J connectivity index is 1.75. The molecule has 0 aliphatic carbocycles. The molecular formula is C17H16N2OS2. The molecule has 2 heterocycles. The molecule has 112 valence electrons. The van der Waals surface area contributed by atoms with Gasteiger partial charge in [-0.15, -0.1) is 22.7 Å². The van der Waals surface area contributed by atoms with Gasteiger partial charge < -0.3 is 4.90 Å². The lowest BCUT2D eigenvalue weighted by Crippen LogP contribution is -2.26. The second-order valence-corrected chi connectivity index (χ2v) is 7.03. The second-order valence-electron chi connectivity index (χ2n) is 5.14. The van der Waals surface area contributed by atoms with E-state index in [1.807, 2.05) is 42.1 Å². The van der Waals surface area contributed by atoms with Crippen LogP contribution >= 0.6 is 22.7 Å².